The summed E-state index contributed by atoms with van der Waals surface area (Å²) in [5, 5.41) is 0. The molecule has 0 aromatic heterocycles. The Hall–Kier alpha value is -1.35. The fourth-order valence-electron chi connectivity index (χ4n) is 3.19. The minimum Gasteiger partial charge on any atom is -0.342 e. The van der Waals surface area contributed by atoms with Gasteiger partial charge in [-0.05, 0) is 42.2 Å². The van der Waals surface area contributed by atoms with Gasteiger partial charge in [0.2, 0.25) is 5.91 Å². The number of carbonyl (C=O) groups is 1. The quantitative estimate of drug-likeness (QED) is 0.925. The monoisotopic (exact) mass is 288 g/mol. The highest BCUT2D eigenvalue weighted by Gasteiger charge is 2.30. The lowest BCUT2D eigenvalue weighted by atomic mass is 9.75. The Morgan fingerprint density at radius 1 is 1.24 bits per heavy atom. The summed E-state index contributed by atoms with van der Waals surface area (Å²) in [5.41, 5.74) is 8.32. The zero-order valence-electron chi connectivity index (χ0n) is 13.6. The number of hydrogen-bond donors (Lipinski definition) is 1. The molecule has 0 radical (unpaired) electrons. The van der Waals surface area contributed by atoms with Crippen molar-refractivity contribution in [2.45, 2.75) is 58.5 Å². The van der Waals surface area contributed by atoms with Crippen molar-refractivity contribution in [1.82, 2.24) is 4.90 Å². The molecule has 0 aliphatic heterocycles. The average Bonchev–Trinajstić information content (AvgIpc) is 2.47. The molecule has 1 aromatic carbocycles. The van der Waals surface area contributed by atoms with Crippen LogP contribution in [-0.2, 0) is 17.8 Å². The molecule has 1 aromatic rings. The van der Waals surface area contributed by atoms with Crippen molar-refractivity contribution in [3.63, 3.8) is 0 Å². The van der Waals surface area contributed by atoms with Gasteiger partial charge in [0.1, 0.15) is 0 Å². The van der Waals surface area contributed by atoms with Crippen molar-refractivity contribution >= 4 is 5.91 Å². The van der Waals surface area contributed by atoms with Gasteiger partial charge in [-0.1, -0.05) is 38.1 Å². The number of amides is 1. The summed E-state index contributed by atoms with van der Waals surface area (Å²) in [4.78, 5) is 14.5. The molecule has 1 aliphatic carbocycles. The van der Waals surface area contributed by atoms with E-state index in [2.05, 4.69) is 13.8 Å². The van der Waals surface area contributed by atoms with Crippen LogP contribution in [0.4, 0.5) is 0 Å². The molecule has 2 rings (SSSR count). The van der Waals surface area contributed by atoms with Crippen LogP contribution in [0.25, 0.3) is 0 Å². The summed E-state index contributed by atoms with van der Waals surface area (Å²) < 4.78 is 0. The van der Waals surface area contributed by atoms with Gasteiger partial charge in [-0.2, -0.15) is 0 Å². The van der Waals surface area contributed by atoms with E-state index in [0.29, 0.717) is 24.4 Å². The molecule has 0 unspecified atom stereocenters. The first-order valence-electron chi connectivity index (χ1n) is 7.95. The van der Waals surface area contributed by atoms with Crippen LogP contribution >= 0.6 is 0 Å². The molecule has 0 spiro atoms. The zero-order valence-corrected chi connectivity index (χ0v) is 13.6. The summed E-state index contributed by atoms with van der Waals surface area (Å²) >= 11 is 0. The first kappa shape index (κ1) is 16.0. The minimum atomic E-state index is 0.209. The molecule has 1 amide bonds. The van der Waals surface area contributed by atoms with Gasteiger partial charge < -0.3 is 10.6 Å². The van der Waals surface area contributed by atoms with E-state index in [0.717, 1.165) is 24.0 Å². The third-order valence-corrected chi connectivity index (χ3v) is 4.93. The molecule has 1 aliphatic rings. The fraction of sp³-hybridized carbons (Fsp3) is 0.611. The predicted molar refractivity (Wildman–Crippen MR) is 86.8 cm³/mol. The molecule has 21 heavy (non-hydrogen) atoms. The van der Waals surface area contributed by atoms with E-state index in [-0.39, 0.29) is 5.91 Å². The van der Waals surface area contributed by atoms with E-state index < -0.39 is 0 Å². The maximum Gasteiger partial charge on any atom is 0.226 e. The van der Waals surface area contributed by atoms with Crippen LogP contribution in [0.3, 0.4) is 0 Å². The van der Waals surface area contributed by atoms with Gasteiger partial charge in [-0.25, -0.2) is 0 Å². The first-order valence-corrected chi connectivity index (χ1v) is 7.95. The number of rotatable bonds is 4. The lowest BCUT2D eigenvalue weighted by Gasteiger charge is -2.38. The highest BCUT2D eigenvalue weighted by molar-refractivity contribution is 5.79. The predicted octanol–water partition coefficient (Wildman–Crippen LogP) is 3.12. The Balaban J connectivity index is 1.97. The molecule has 1 saturated carbocycles. The van der Waals surface area contributed by atoms with Gasteiger partial charge >= 0.3 is 0 Å². The van der Waals surface area contributed by atoms with Gasteiger partial charge in [0.15, 0.2) is 0 Å². The normalized spacial score (nSPS) is 18.5. The molecule has 0 heterocycles. The van der Waals surface area contributed by atoms with E-state index in [1.807, 2.05) is 36.2 Å². The van der Waals surface area contributed by atoms with Crippen LogP contribution < -0.4 is 5.73 Å². The van der Waals surface area contributed by atoms with Crippen molar-refractivity contribution in [3.05, 3.63) is 35.4 Å². The van der Waals surface area contributed by atoms with E-state index >= 15 is 0 Å². The Labute approximate surface area is 128 Å². The second-order valence-corrected chi connectivity index (χ2v) is 7.05. The zero-order chi connectivity index (χ0) is 15.5. The molecule has 0 bridgehead atoms. The summed E-state index contributed by atoms with van der Waals surface area (Å²) in [5.74, 6) is 0.209. The second-order valence-electron chi connectivity index (χ2n) is 7.05. The van der Waals surface area contributed by atoms with Gasteiger partial charge in [0.25, 0.3) is 0 Å². The Morgan fingerprint density at radius 3 is 2.38 bits per heavy atom. The van der Waals surface area contributed by atoms with Crippen LogP contribution in [0.1, 0.15) is 50.7 Å². The van der Waals surface area contributed by atoms with Gasteiger partial charge in [-0.15, -0.1) is 0 Å². The van der Waals surface area contributed by atoms with Crippen molar-refractivity contribution in [2.75, 3.05) is 7.05 Å². The minimum absolute atomic E-state index is 0.209. The highest BCUT2D eigenvalue weighted by Crippen LogP contribution is 2.36. The average molecular weight is 288 g/mol. The third-order valence-electron chi connectivity index (χ3n) is 4.93. The Morgan fingerprint density at radius 2 is 1.81 bits per heavy atom. The number of likely N-dealkylation sites (N-methyl/N-ethyl adjacent to an activating group) is 1. The molecular formula is C18H28N2O. The molecule has 3 heteroatoms. The first-order chi connectivity index (χ1) is 9.93. The summed E-state index contributed by atoms with van der Waals surface area (Å²) in [6.45, 7) is 5.13. The van der Waals surface area contributed by atoms with Crippen molar-refractivity contribution in [1.29, 1.82) is 0 Å². The smallest absolute Gasteiger partial charge is 0.226 e. The number of hydrogen-bond acceptors (Lipinski definition) is 2. The van der Waals surface area contributed by atoms with E-state index in [4.69, 9.17) is 5.73 Å². The van der Waals surface area contributed by atoms with Crippen molar-refractivity contribution < 1.29 is 4.79 Å². The fourth-order valence-corrected chi connectivity index (χ4v) is 3.19. The highest BCUT2D eigenvalue weighted by atomic mass is 16.2. The maximum absolute atomic E-state index is 12.5. The van der Waals surface area contributed by atoms with Gasteiger partial charge in [-0.3, -0.25) is 4.79 Å². The number of nitrogens with two attached hydrogens (primary N) is 1. The topological polar surface area (TPSA) is 46.3 Å². The Kier molecular flexibility index (Phi) is 5.04. The molecule has 3 nitrogen and oxygen atoms in total. The summed E-state index contributed by atoms with van der Waals surface area (Å²) in [6.07, 6.45) is 5.11. The van der Waals surface area contributed by atoms with Crippen molar-refractivity contribution in [3.8, 4) is 0 Å². The van der Waals surface area contributed by atoms with Crippen LogP contribution in [0.15, 0.2) is 24.3 Å². The van der Waals surface area contributed by atoms with E-state index in [1.54, 1.807) is 0 Å². The molecular weight excluding hydrogens is 260 g/mol. The molecule has 2 N–H and O–H groups in total. The summed E-state index contributed by atoms with van der Waals surface area (Å²) in [6, 6.07) is 8.37. The maximum atomic E-state index is 12.5. The third kappa shape index (κ3) is 4.07. The second kappa shape index (κ2) is 6.61. The van der Waals surface area contributed by atoms with Crippen LogP contribution in [-0.4, -0.2) is 23.9 Å². The number of benzene rings is 1. The van der Waals surface area contributed by atoms with Gasteiger partial charge in [0.05, 0.1) is 6.42 Å². The SMILES string of the molecule is CN(C(=O)Cc1ccccc1CN)C1CCC(C)(C)CC1. The Bertz CT molecular complexity index is 486. The lowest BCUT2D eigenvalue weighted by molar-refractivity contribution is -0.132. The van der Waals surface area contributed by atoms with Crippen LogP contribution in [0, 0.1) is 5.41 Å². The van der Waals surface area contributed by atoms with E-state index in [1.165, 1.54) is 12.8 Å². The lowest BCUT2D eigenvalue weighted by Crippen LogP contribution is -2.41. The molecule has 1 fully saturated rings. The van der Waals surface area contributed by atoms with E-state index in [9.17, 15) is 4.79 Å². The summed E-state index contributed by atoms with van der Waals surface area (Å²) in [7, 11) is 1.95. The largest absolute Gasteiger partial charge is 0.342 e. The molecule has 116 valence electrons. The number of carbonyl (C=O) groups excluding carboxylic acids is 1. The van der Waals surface area contributed by atoms with Gasteiger partial charge in [0, 0.05) is 19.6 Å². The van der Waals surface area contributed by atoms with Crippen molar-refractivity contribution in [2.24, 2.45) is 11.1 Å². The number of nitrogens with zero attached hydrogens (tertiary/aromatic N) is 1. The molecule has 0 atom stereocenters. The molecule has 0 saturated heterocycles. The standard InChI is InChI=1S/C18H28N2O/c1-18(2)10-8-16(9-11-18)20(3)17(21)12-14-6-4-5-7-15(14)13-19/h4-7,16H,8-13,19H2,1-3H3. The van der Waals surface area contributed by atoms with Crippen LogP contribution in [0.2, 0.25) is 0 Å². The van der Waals surface area contributed by atoms with Crippen LogP contribution in [0.5, 0.6) is 0 Å².